The third-order valence-electron chi connectivity index (χ3n) is 9.89. The largest absolute Gasteiger partial charge is 0.256 e. The molecule has 0 atom stereocenters. The maximum atomic E-state index is 5.47. The molecule has 0 amide bonds. The first kappa shape index (κ1) is 32.2. The number of aryl methyl sites for hydroxylation is 4. The fraction of sp³-hybridized carbons (Fsp3) is 0.0833. The van der Waals surface area contributed by atoms with Gasteiger partial charge in [0.1, 0.15) is 0 Å². The molecular formula is C48H36N2S2. The summed E-state index contributed by atoms with van der Waals surface area (Å²) in [6.45, 7) is 8.56. The minimum Gasteiger partial charge on any atom is -0.256 e. The molecule has 7 aromatic rings. The molecule has 2 aliphatic rings. The third kappa shape index (κ3) is 5.94. The molecule has 250 valence electrons. The standard InChI is InChI=1S/C48H36N2S2/c1-29-5-13-33(14-6-29)45-37-27-40(49-28-37)48(36-19-11-32(4)12-20-36)44-26-25-43(52-44)47(35-17-9-31(3)10-18-35)39-22-21-38(50-39)46(42-24-23-41(45)51-42)34-15-7-30(2)8-16-34/h5-28H,1-4H3. The number of aliphatic imine (C=N–C) groups is 1. The van der Waals surface area contributed by atoms with Crippen LogP contribution in [-0.2, 0) is 0 Å². The Morgan fingerprint density at radius 2 is 0.731 bits per heavy atom. The molecule has 0 radical (unpaired) electrons. The molecule has 3 aromatic heterocycles. The maximum absolute atomic E-state index is 5.47. The van der Waals surface area contributed by atoms with Crippen LogP contribution < -0.4 is 0 Å². The van der Waals surface area contributed by atoms with E-state index >= 15 is 0 Å². The van der Waals surface area contributed by atoms with Crippen molar-refractivity contribution in [2.75, 3.05) is 0 Å². The van der Waals surface area contributed by atoms with Crippen LogP contribution in [0, 0.1) is 27.7 Å². The molecule has 0 saturated heterocycles. The summed E-state index contributed by atoms with van der Waals surface area (Å²) in [7, 11) is 0. The number of hydrogen-bond acceptors (Lipinski definition) is 4. The molecule has 8 bridgehead atoms. The molecule has 0 unspecified atom stereocenters. The second-order valence-electron chi connectivity index (χ2n) is 13.8. The van der Waals surface area contributed by atoms with Crippen molar-refractivity contribution < 1.29 is 0 Å². The second-order valence-corrected chi connectivity index (χ2v) is 15.9. The SMILES string of the molecule is Cc1ccc(-c2c3cc(c(-c4ccc(C)cc4)c4ccc(s4)c(-c4ccc(C)cc4)c4nc(c(-c5ccc(C)cc5)c5ccc2s5)C=C4)N=C3)cc1. The van der Waals surface area contributed by atoms with Gasteiger partial charge in [0.25, 0.3) is 0 Å². The zero-order valence-corrected chi connectivity index (χ0v) is 31.2. The maximum Gasteiger partial charge on any atom is 0.0730 e. The van der Waals surface area contributed by atoms with E-state index in [0.29, 0.717) is 0 Å². The highest BCUT2D eigenvalue weighted by Gasteiger charge is 2.19. The van der Waals surface area contributed by atoms with Crippen LogP contribution in [0.5, 0.6) is 0 Å². The van der Waals surface area contributed by atoms with Crippen LogP contribution in [-0.4, -0.2) is 11.2 Å². The van der Waals surface area contributed by atoms with E-state index in [2.05, 4.69) is 173 Å². The number of benzene rings is 4. The summed E-state index contributed by atoms with van der Waals surface area (Å²) in [4.78, 5) is 10.6. The van der Waals surface area contributed by atoms with E-state index < -0.39 is 0 Å². The molecule has 0 N–H and O–H groups in total. The second kappa shape index (κ2) is 13.1. The topological polar surface area (TPSA) is 25.2 Å². The van der Waals surface area contributed by atoms with E-state index in [-0.39, 0.29) is 0 Å². The van der Waals surface area contributed by atoms with Gasteiger partial charge in [-0.3, -0.25) is 4.99 Å². The summed E-state index contributed by atoms with van der Waals surface area (Å²) in [5.74, 6) is 0. The van der Waals surface area contributed by atoms with Gasteiger partial charge in [-0.1, -0.05) is 119 Å². The van der Waals surface area contributed by atoms with Gasteiger partial charge in [-0.25, -0.2) is 4.98 Å². The van der Waals surface area contributed by atoms with E-state index in [1.165, 1.54) is 52.2 Å². The van der Waals surface area contributed by atoms with Gasteiger partial charge in [-0.2, -0.15) is 0 Å². The molecule has 2 nitrogen and oxygen atoms in total. The Kier molecular flexibility index (Phi) is 8.15. The van der Waals surface area contributed by atoms with Crippen molar-refractivity contribution >= 4 is 65.5 Å². The molecule has 4 heteroatoms. The normalized spacial score (nSPS) is 12.1. The van der Waals surface area contributed by atoms with Gasteiger partial charge in [-0.15, -0.1) is 22.7 Å². The zero-order chi connectivity index (χ0) is 35.3. The highest BCUT2D eigenvalue weighted by atomic mass is 32.1. The van der Waals surface area contributed by atoms with Crippen LogP contribution in [0.2, 0.25) is 0 Å². The molecule has 0 fully saturated rings. The van der Waals surface area contributed by atoms with Gasteiger partial charge in [0, 0.05) is 52.8 Å². The predicted octanol–water partition coefficient (Wildman–Crippen LogP) is 14.2. The Labute approximate surface area is 312 Å². The number of fused-ring (bicyclic) bond motifs is 8. The molecule has 52 heavy (non-hydrogen) atoms. The Morgan fingerprint density at radius 1 is 0.385 bits per heavy atom. The minimum absolute atomic E-state index is 0.971. The lowest BCUT2D eigenvalue weighted by Gasteiger charge is -2.07. The Bertz CT molecular complexity index is 2350. The average molecular weight is 705 g/mol. The smallest absolute Gasteiger partial charge is 0.0730 e. The average Bonchev–Trinajstić information content (AvgIpc) is 3.99. The first-order valence-corrected chi connectivity index (χ1v) is 19.3. The highest BCUT2D eigenvalue weighted by Crippen LogP contribution is 2.44. The van der Waals surface area contributed by atoms with Gasteiger partial charge < -0.3 is 0 Å². The fourth-order valence-corrected chi connectivity index (χ4v) is 9.40. The summed E-state index contributed by atoms with van der Waals surface area (Å²) in [6.07, 6.45) is 6.46. The van der Waals surface area contributed by atoms with Crippen molar-refractivity contribution in [3.05, 3.63) is 167 Å². The van der Waals surface area contributed by atoms with Gasteiger partial charge in [-0.05, 0) is 92.4 Å². The van der Waals surface area contributed by atoms with Crippen molar-refractivity contribution in [2.45, 2.75) is 27.7 Å². The van der Waals surface area contributed by atoms with Crippen molar-refractivity contribution in [2.24, 2.45) is 4.99 Å². The summed E-state index contributed by atoms with van der Waals surface area (Å²) in [5.41, 5.74) is 18.2. The summed E-state index contributed by atoms with van der Waals surface area (Å²) in [5, 5.41) is 0. The first-order chi connectivity index (χ1) is 25.4. The van der Waals surface area contributed by atoms with Crippen LogP contribution in [0.25, 0.3) is 75.5 Å². The van der Waals surface area contributed by atoms with Gasteiger partial charge >= 0.3 is 0 Å². The minimum atomic E-state index is 0.971. The fourth-order valence-electron chi connectivity index (χ4n) is 7.07. The Morgan fingerprint density at radius 3 is 1.15 bits per heavy atom. The zero-order valence-electron chi connectivity index (χ0n) is 29.6. The molecular weight excluding hydrogens is 669 g/mol. The number of aromatic nitrogens is 1. The molecule has 5 heterocycles. The van der Waals surface area contributed by atoms with Gasteiger partial charge in [0.05, 0.1) is 17.1 Å². The number of thiophene rings is 2. The van der Waals surface area contributed by atoms with Crippen LogP contribution in [0.4, 0.5) is 5.69 Å². The monoisotopic (exact) mass is 704 g/mol. The highest BCUT2D eigenvalue weighted by molar-refractivity contribution is 7.24. The van der Waals surface area contributed by atoms with Crippen LogP contribution in [0.15, 0.2) is 132 Å². The molecule has 0 saturated carbocycles. The molecule has 2 aliphatic heterocycles. The van der Waals surface area contributed by atoms with Crippen LogP contribution >= 0.6 is 22.7 Å². The lowest BCUT2D eigenvalue weighted by Crippen LogP contribution is -1.86. The Balaban J connectivity index is 1.47. The van der Waals surface area contributed by atoms with Crippen molar-refractivity contribution in [3.63, 3.8) is 0 Å². The summed E-state index contributed by atoms with van der Waals surface area (Å²) < 4.78 is 4.73. The number of nitrogens with zero attached hydrogens (tertiary/aromatic N) is 2. The van der Waals surface area contributed by atoms with E-state index in [0.717, 1.165) is 56.0 Å². The summed E-state index contributed by atoms with van der Waals surface area (Å²) in [6, 6.07) is 46.8. The van der Waals surface area contributed by atoms with E-state index in [1.54, 1.807) is 11.3 Å². The van der Waals surface area contributed by atoms with E-state index in [1.807, 2.05) is 11.3 Å². The third-order valence-corrected chi connectivity index (χ3v) is 12.1. The van der Waals surface area contributed by atoms with Crippen LogP contribution in [0.1, 0.15) is 39.2 Å². The lowest BCUT2D eigenvalue weighted by molar-refractivity contribution is 1.33. The van der Waals surface area contributed by atoms with Gasteiger partial charge in [0.15, 0.2) is 0 Å². The van der Waals surface area contributed by atoms with Crippen molar-refractivity contribution in [1.82, 2.24) is 4.98 Å². The van der Waals surface area contributed by atoms with E-state index in [9.17, 15) is 0 Å². The lowest BCUT2D eigenvalue weighted by atomic mass is 10.00. The summed E-state index contributed by atoms with van der Waals surface area (Å²) >= 11 is 3.63. The molecule has 0 aliphatic carbocycles. The van der Waals surface area contributed by atoms with Crippen molar-refractivity contribution in [3.8, 4) is 44.5 Å². The molecule has 4 aromatic carbocycles. The van der Waals surface area contributed by atoms with Crippen molar-refractivity contribution in [1.29, 1.82) is 0 Å². The molecule has 9 rings (SSSR count). The van der Waals surface area contributed by atoms with E-state index in [4.69, 9.17) is 9.98 Å². The predicted molar refractivity (Wildman–Crippen MR) is 227 cm³/mol. The van der Waals surface area contributed by atoms with Crippen LogP contribution in [0.3, 0.4) is 0 Å². The Hall–Kier alpha value is -5.68. The number of rotatable bonds is 4. The molecule has 0 spiro atoms. The van der Waals surface area contributed by atoms with Gasteiger partial charge in [0.2, 0.25) is 0 Å². The first-order valence-electron chi connectivity index (χ1n) is 17.6. The number of hydrogen-bond donors (Lipinski definition) is 0. The quantitative estimate of drug-likeness (QED) is 0.179.